The third-order valence-corrected chi connectivity index (χ3v) is 6.92. The molecule has 0 bridgehead atoms. The first-order chi connectivity index (χ1) is 15.2. The van der Waals surface area contributed by atoms with Gasteiger partial charge in [-0.15, -0.1) is 12.4 Å². The van der Waals surface area contributed by atoms with E-state index in [4.69, 9.17) is 21.9 Å². The van der Waals surface area contributed by atoms with Gasteiger partial charge in [0.2, 0.25) is 0 Å². The van der Waals surface area contributed by atoms with Crippen molar-refractivity contribution in [1.82, 2.24) is 4.31 Å². The lowest BCUT2D eigenvalue weighted by molar-refractivity contribution is 0.100. The number of sulfonamides is 1. The molecule has 0 radical (unpaired) electrons. The highest BCUT2D eigenvalue weighted by Crippen LogP contribution is 2.35. The lowest BCUT2D eigenvalue weighted by atomic mass is 9.96. The molecule has 2 aromatic carbocycles. The normalized spacial score (nSPS) is 13.9. The van der Waals surface area contributed by atoms with Crippen LogP contribution in [-0.2, 0) is 10.0 Å². The Morgan fingerprint density at radius 1 is 0.970 bits per heavy atom. The highest BCUT2D eigenvalue weighted by molar-refractivity contribution is 7.89. The van der Waals surface area contributed by atoms with Crippen LogP contribution in [0.5, 0.6) is 11.5 Å². The molecule has 33 heavy (non-hydrogen) atoms. The molecule has 3 rings (SSSR count). The molecule has 12 heteroatoms. The Morgan fingerprint density at radius 3 is 2.18 bits per heavy atom. The number of para-hydroxylation sites is 1. The van der Waals surface area contributed by atoms with E-state index < -0.39 is 34.0 Å². The first-order valence-electron chi connectivity index (χ1n) is 10.0. The van der Waals surface area contributed by atoms with E-state index in [2.05, 4.69) is 4.99 Å². The van der Waals surface area contributed by atoms with E-state index in [1.807, 2.05) is 0 Å². The Labute approximate surface area is 198 Å². The van der Waals surface area contributed by atoms with E-state index in [0.29, 0.717) is 22.9 Å². The highest BCUT2D eigenvalue weighted by Gasteiger charge is 2.37. The van der Waals surface area contributed by atoms with Crippen molar-refractivity contribution < 1.29 is 22.7 Å². The maximum atomic E-state index is 13.6. The number of carbonyl (C=O) groups excluding carboxylic acids is 2. The number of urea groups is 1. The van der Waals surface area contributed by atoms with Crippen LogP contribution in [0.2, 0.25) is 0 Å². The largest absolute Gasteiger partial charge is 0.456 e. The number of amides is 3. The Hall–Kier alpha value is -3.31. The van der Waals surface area contributed by atoms with Gasteiger partial charge in [0, 0.05) is 5.56 Å². The zero-order valence-electron chi connectivity index (χ0n) is 17.7. The fourth-order valence-electron chi connectivity index (χ4n) is 3.64. The Balaban J connectivity index is 0.00000385. The fourth-order valence-corrected chi connectivity index (χ4v) is 5.33. The first-order valence-corrected chi connectivity index (χ1v) is 11.5. The standard InChI is InChI=1S/C21H25N5O5S.ClH/c22-20(23)25-19(27)14-11-12-17(31-16-9-5-2-6-10-16)18(13-14)32(29,30)26(21(24)28)15-7-3-1-4-8-15;/h2,5-6,9-13,15H,1,3-4,7-8H2,(H2,24,28)(H4,22,23,25,27);1H. The highest BCUT2D eigenvalue weighted by atomic mass is 35.5. The van der Waals surface area contributed by atoms with E-state index in [-0.39, 0.29) is 28.6 Å². The Kier molecular flexibility index (Phi) is 8.66. The second-order valence-electron chi connectivity index (χ2n) is 7.35. The van der Waals surface area contributed by atoms with Crippen molar-refractivity contribution >= 4 is 40.3 Å². The number of benzene rings is 2. The molecule has 2 aromatic rings. The minimum absolute atomic E-state index is 0. The molecule has 1 saturated carbocycles. The van der Waals surface area contributed by atoms with Gasteiger partial charge >= 0.3 is 6.03 Å². The van der Waals surface area contributed by atoms with E-state index in [0.717, 1.165) is 25.3 Å². The molecule has 1 aliphatic rings. The number of hydrogen-bond donors (Lipinski definition) is 3. The van der Waals surface area contributed by atoms with Crippen molar-refractivity contribution in [3.05, 3.63) is 54.1 Å². The summed E-state index contributed by atoms with van der Waals surface area (Å²) in [5.74, 6) is -1.00. The van der Waals surface area contributed by atoms with E-state index in [1.165, 1.54) is 12.1 Å². The topological polar surface area (TPSA) is 171 Å². The minimum atomic E-state index is -4.46. The lowest BCUT2D eigenvalue weighted by Gasteiger charge is -2.32. The number of halogens is 1. The number of aliphatic imine (C=N–C) groups is 1. The van der Waals surface area contributed by atoms with Crippen LogP contribution in [0.3, 0.4) is 0 Å². The molecule has 0 aliphatic heterocycles. The molecule has 6 N–H and O–H groups in total. The predicted octanol–water partition coefficient (Wildman–Crippen LogP) is 2.72. The summed E-state index contributed by atoms with van der Waals surface area (Å²) in [4.78, 5) is 27.6. The second-order valence-corrected chi connectivity index (χ2v) is 9.13. The van der Waals surface area contributed by atoms with Crippen molar-refractivity contribution in [2.45, 2.75) is 43.0 Å². The molecule has 0 aromatic heterocycles. The predicted molar refractivity (Wildman–Crippen MR) is 126 cm³/mol. The molecule has 0 spiro atoms. The zero-order valence-corrected chi connectivity index (χ0v) is 19.3. The van der Waals surface area contributed by atoms with Crippen LogP contribution in [0.15, 0.2) is 58.4 Å². The first kappa shape index (κ1) is 25.9. The number of hydrogen-bond acceptors (Lipinski definition) is 5. The van der Waals surface area contributed by atoms with E-state index in [1.54, 1.807) is 30.3 Å². The van der Waals surface area contributed by atoms with Crippen LogP contribution in [0.25, 0.3) is 0 Å². The molecule has 3 amide bonds. The number of nitrogens with two attached hydrogens (primary N) is 3. The average Bonchev–Trinajstić information content (AvgIpc) is 2.74. The molecule has 1 fully saturated rings. The zero-order chi connectivity index (χ0) is 23.3. The fraction of sp³-hybridized carbons (Fsp3) is 0.286. The van der Waals surface area contributed by atoms with Crippen LogP contribution in [0.4, 0.5) is 4.79 Å². The Morgan fingerprint density at radius 2 is 1.61 bits per heavy atom. The summed E-state index contributed by atoms with van der Waals surface area (Å²) in [6.45, 7) is 0. The van der Waals surface area contributed by atoms with Crippen molar-refractivity contribution in [3.8, 4) is 11.5 Å². The van der Waals surface area contributed by atoms with Crippen LogP contribution in [-0.4, -0.2) is 36.7 Å². The van der Waals surface area contributed by atoms with Crippen LogP contribution < -0.4 is 21.9 Å². The average molecular weight is 496 g/mol. The van der Waals surface area contributed by atoms with Gasteiger partial charge in [-0.2, -0.15) is 4.99 Å². The second kappa shape index (κ2) is 11.0. The van der Waals surface area contributed by atoms with Gasteiger partial charge in [0.05, 0.1) is 6.04 Å². The molecule has 0 saturated heterocycles. The summed E-state index contributed by atoms with van der Waals surface area (Å²) in [6, 6.07) is 10.6. The van der Waals surface area contributed by atoms with Crippen molar-refractivity contribution in [3.63, 3.8) is 0 Å². The lowest BCUT2D eigenvalue weighted by Crippen LogP contribution is -2.48. The molecule has 0 unspecified atom stereocenters. The minimum Gasteiger partial charge on any atom is -0.456 e. The quantitative estimate of drug-likeness (QED) is 0.408. The Bertz CT molecular complexity index is 1130. The number of rotatable bonds is 6. The molecular formula is C21H26ClN5O5S. The van der Waals surface area contributed by atoms with Gasteiger partial charge in [0.1, 0.15) is 16.4 Å². The maximum absolute atomic E-state index is 13.6. The number of ether oxygens (including phenoxy) is 1. The SMILES string of the molecule is Cl.NC(=O)N(C1CCCCC1)S(=O)(=O)c1cc(C(=O)N=C(N)N)ccc1Oc1ccccc1. The third-order valence-electron chi connectivity index (χ3n) is 5.05. The third kappa shape index (κ3) is 6.14. The van der Waals surface area contributed by atoms with Gasteiger partial charge in [-0.1, -0.05) is 37.5 Å². The molecule has 1 aliphatic carbocycles. The van der Waals surface area contributed by atoms with Gasteiger partial charge < -0.3 is 21.9 Å². The van der Waals surface area contributed by atoms with Crippen LogP contribution >= 0.6 is 12.4 Å². The van der Waals surface area contributed by atoms with Crippen LogP contribution in [0.1, 0.15) is 42.5 Å². The summed E-state index contributed by atoms with van der Waals surface area (Å²) >= 11 is 0. The molecule has 0 heterocycles. The summed E-state index contributed by atoms with van der Waals surface area (Å²) < 4.78 is 33.7. The molecular weight excluding hydrogens is 470 g/mol. The number of nitrogens with zero attached hydrogens (tertiary/aromatic N) is 2. The molecule has 10 nitrogen and oxygen atoms in total. The number of primary amides is 1. The molecule has 0 atom stereocenters. The number of guanidine groups is 1. The van der Waals surface area contributed by atoms with Crippen LogP contribution in [0, 0.1) is 0 Å². The summed E-state index contributed by atoms with van der Waals surface area (Å²) in [6.07, 6.45) is 3.52. The van der Waals surface area contributed by atoms with Gasteiger partial charge in [0.15, 0.2) is 5.96 Å². The van der Waals surface area contributed by atoms with Gasteiger partial charge in [-0.05, 0) is 43.2 Å². The summed E-state index contributed by atoms with van der Waals surface area (Å²) in [5, 5.41) is 0. The van der Waals surface area contributed by atoms with E-state index in [9.17, 15) is 18.0 Å². The van der Waals surface area contributed by atoms with Crippen molar-refractivity contribution in [2.24, 2.45) is 22.2 Å². The smallest absolute Gasteiger partial charge is 0.328 e. The van der Waals surface area contributed by atoms with Crippen molar-refractivity contribution in [1.29, 1.82) is 0 Å². The monoisotopic (exact) mass is 495 g/mol. The number of carbonyl (C=O) groups is 2. The maximum Gasteiger partial charge on any atom is 0.328 e. The van der Waals surface area contributed by atoms with Gasteiger partial charge in [-0.25, -0.2) is 17.5 Å². The summed E-state index contributed by atoms with van der Waals surface area (Å²) in [5.41, 5.74) is 15.9. The van der Waals surface area contributed by atoms with Gasteiger partial charge in [-0.3, -0.25) is 4.79 Å². The summed E-state index contributed by atoms with van der Waals surface area (Å²) in [7, 11) is -4.46. The van der Waals surface area contributed by atoms with E-state index >= 15 is 0 Å². The molecule has 178 valence electrons. The van der Waals surface area contributed by atoms with Crippen molar-refractivity contribution in [2.75, 3.05) is 0 Å². The van der Waals surface area contributed by atoms with Gasteiger partial charge in [0.25, 0.3) is 15.9 Å².